The Labute approximate surface area is 112 Å². The first kappa shape index (κ1) is 9.69. The van der Waals surface area contributed by atoms with Gasteiger partial charge in [0.15, 0.2) is 5.79 Å². The van der Waals surface area contributed by atoms with E-state index in [1.54, 1.807) is 0 Å². The summed E-state index contributed by atoms with van der Waals surface area (Å²) in [4.78, 5) is 12.1. The fraction of sp³-hybridized carbons (Fsp3) is 0.917. The van der Waals surface area contributed by atoms with Gasteiger partial charge in [-0.3, -0.25) is 10.2 Å². The number of amides is 1. The average Bonchev–Trinajstić information content (AvgIpc) is 2.89. The minimum atomic E-state index is -0.428. The lowest BCUT2D eigenvalue weighted by Gasteiger charge is -2.90. The molecule has 0 radical (unpaired) electrons. The van der Waals surface area contributed by atoms with Crippen molar-refractivity contribution in [1.82, 2.24) is 5.43 Å². The highest BCUT2D eigenvalue weighted by molar-refractivity contribution is 9.10. The van der Waals surface area contributed by atoms with Crippen molar-refractivity contribution in [1.29, 1.82) is 0 Å². The van der Waals surface area contributed by atoms with E-state index in [-0.39, 0.29) is 15.6 Å². The number of nitrogens with two attached hydrogens (primary N) is 1. The highest BCUT2D eigenvalue weighted by Crippen LogP contribution is 3.04. The molecule has 7 fully saturated rings. The van der Waals surface area contributed by atoms with Crippen LogP contribution in [0.15, 0.2) is 0 Å². The van der Waals surface area contributed by atoms with Crippen molar-refractivity contribution in [3.05, 3.63) is 0 Å². The van der Waals surface area contributed by atoms with Gasteiger partial charge in [0, 0.05) is 5.92 Å². The van der Waals surface area contributed by atoms with Gasteiger partial charge in [-0.1, -0.05) is 15.9 Å². The molecular formula is C12H13BrN2O3. The molecule has 1 amide bonds. The Morgan fingerprint density at radius 3 is 2.22 bits per heavy atom. The van der Waals surface area contributed by atoms with E-state index in [0.29, 0.717) is 48.7 Å². The van der Waals surface area contributed by atoms with Gasteiger partial charge in [-0.2, -0.15) is 0 Å². The molecule has 2 bridgehead atoms. The van der Waals surface area contributed by atoms with Gasteiger partial charge in [-0.25, -0.2) is 5.84 Å². The Bertz CT molecular complexity index is 511. The van der Waals surface area contributed by atoms with Gasteiger partial charge in [0.2, 0.25) is 5.91 Å². The van der Waals surface area contributed by atoms with Crippen LogP contribution in [0.5, 0.6) is 0 Å². The molecule has 7 aliphatic rings. The lowest BCUT2D eigenvalue weighted by atomic mass is 9.13. The quantitative estimate of drug-likeness (QED) is 0.299. The van der Waals surface area contributed by atoms with E-state index in [1.807, 2.05) is 0 Å². The number of halogens is 1. The third-order valence-corrected chi connectivity index (χ3v) is 8.77. The van der Waals surface area contributed by atoms with Gasteiger partial charge in [0.05, 0.1) is 23.0 Å². The van der Waals surface area contributed by atoms with Crippen molar-refractivity contribution >= 4 is 21.8 Å². The van der Waals surface area contributed by atoms with Crippen molar-refractivity contribution in [2.45, 2.75) is 10.1 Å². The van der Waals surface area contributed by atoms with E-state index in [4.69, 9.17) is 15.3 Å². The second-order valence-corrected chi connectivity index (χ2v) is 8.01. The average molecular weight is 313 g/mol. The molecule has 6 saturated carbocycles. The molecule has 0 unspecified atom stereocenters. The Balaban J connectivity index is 1.53. The van der Waals surface area contributed by atoms with Crippen LogP contribution in [0.2, 0.25) is 0 Å². The topological polar surface area (TPSA) is 73.6 Å². The van der Waals surface area contributed by atoms with Crippen molar-refractivity contribution in [2.75, 3.05) is 13.2 Å². The maximum absolute atomic E-state index is 12.1. The van der Waals surface area contributed by atoms with Crippen LogP contribution in [-0.2, 0) is 14.3 Å². The standard InChI is InChI=1S/C12H13BrN2O3/c13-11-6-3-7(11)5-8(12(11)17-1-2-18-12)4(6)10(3,5)9(16)15-14/h3-8H,1-2,14H2,(H,15,16)/t3?,4-,5-,6-,7-,8?,10?,11?/m0/s1. The second-order valence-electron chi connectivity index (χ2n) is 6.69. The van der Waals surface area contributed by atoms with Crippen LogP contribution in [0, 0.1) is 40.9 Å². The largest absolute Gasteiger partial charge is 0.346 e. The van der Waals surface area contributed by atoms with Crippen LogP contribution >= 0.6 is 15.9 Å². The molecule has 5 nitrogen and oxygen atoms in total. The smallest absolute Gasteiger partial charge is 0.241 e. The maximum atomic E-state index is 12.1. The number of nitrogens with one attached hydrogen (secondary N) is 1. The van der Waals surface area contributed by atoms with Crippen LogP contribution in [-0.4, -0.2) is 29.2 Å². The van der Waals surface area contributed by atoms with Gasteiger partial charge in [-0.15, -0.1) is 0 Å². The van der Waals surface area contributed by atoms with Crippen LogP contribution in [0.25, 0.3) is 0 Å². The summed E-state index contributed by atoms with van der Waals surface area (Å²) in [6.45, 7) is 1.37. The normalized spacial score (nSPS) is 69.9. The number of alkyl halides is 1. The molecule has 4 atom stereocenters. The van der Waals surface area contributed by atoms with E-state index in [2.05, 4.69) is 21.4 Å². The van der Waals surface area contributed by atoms with Crippen molar-refractivity contribution in [3.63, 3.8) is 0 Å². The molecule has 96 valence electrons. The molecule has 0 aromatic heterocycles. The summed E-state index contributed by atoms with van der Waals surface area (Å²) in [6.07, 6.45) is 0. The van der Waals surface area contributed by atoms with Crippen molar-refractivity contribution < 1.29 is 14.3 Å². The molecular weight excluding hydrogens is 300 g/mol. The molecule has 6 aliphatic carbocycles. The molecule has 3 N–H and O–H groups in total. The zero-order chi connectivity index (χ0) is 12.1. The molecule has 0 aromatic carbocycles. The maximum Gasteiger partial charge on any atom is 0.241 e. The summed E-state index contributed by atoms with van der Waals surface area (Å²) < 4.78 is 12.1. The zero-order valence-electron chi connectivity index (χ0n) is 9.56. The first-order chi connectivity index (χ1) is 8.67. The van der Waals surface area contributed by atoms with Crippen LogP contribution < -0.4 is 11.3 Å². The lowest BCUT2D eigenvalue weighted by Crippen LogP contribution is -2.94. The number of hydrazine groups is 1. The summed E-state index contributed by atoms with van der Waals surface area (Å²) in [5.41, 5.74) is 2.24. The lowest BCUT2D eigenvalue weighted by molar-refractivity contribution is -0.416. The molecule has 1 heterocycles. The Morgan fingerprint density at radius 1 is 1.11 bits per heavy atom. The fourth-order valence-electron chi connectivity index (χ4n) is 7.20. The first-order valence-corrected chi connectivity index (χ1v) is 7.44. The van der Waals surface area contributed by atoms with Gasteiger partial charge in [0.1, 0.15) is 0 Å². The summed E-state index contributed by atoms with van der Waals surface area (Å²) in [5.74, 6) is 7.92. The van der Waals surface area contributed by atoms with E-state index >= 15 is 0 Å². The number of hydrogen-bond acceptors (Lipinski definition) is 4. The molecule has 1 spiro atoms. The van der Waals surface area contributed by atoms with E-state index in [0.717, 1.165) is 0 Å². The van der Waals surface area contributed by atoms with Gasteiger partial charge >= 0.3 is 0 Å². The predicted molar refractivity (Wildman–Crippen MR) is 62.0 cm³/mol. The third-order valence-electron chi connectivity index (χ3n) is 7.16. The minimum absolute atomic E-state index is 0.00219. The summed E-state index contributed by atoms with van der Waals surface area (Å²) >= 11 is 3.96. The first-order valence-electron chi connectivity index (χ1n) is 6.65. The number of carbonyl (C=O) groups excluding carboxylic acids is 1. The zero-order valence-corrected chi connectivity index (χ0v) is 11.1. The van der Waals surface area contributed by atoms with Gasteiger partial charge < -0.3 is 9.47 Å². The third kappa shape index (κ3) is 0.473. The molecule has 18 heavy (non-hydrogen) atoms. The number of hydrogen-bond donors (Lipinski definition) is 2. The Kier molecular flexibility index (Phi) is 1.18. The number of ether oxygens (including phenoxy) is 2. The molecule has 6 heteroatoms. The summed E-state index contributed by atoms with van der Waals surface area (Å²) in [5, 5.41) is 0. The SMILES string of the molecule is NNC(=O)C12C3[C@H]4[C@H]1C1[C@@H]2[C@H]3C4(Br)C12OCCO2. The Hall–Kier alpha value is -0.170. The van der Waals surface area contributed by atoms with E-state index in [1.165, 1.54) is 0 Å². The molecule has 7 rings (SSSR count). The predicted octanol–water partition coefficient (Wildman–Crippen LogP) is -0.395. The Morgan fingerprint density at radius 2 is 1.67 bits per heavy atom. The molecule has 1 saturated heterocycles. The number of rotatable bonds is 1. The summed E-state index contributed by atoms with van der Waals surface area (Å²) in [6, 6.07) is 0. The van der Waals surface area contributed by atoms with E-state index < -0.39 is 5.79 Å². The number of carbonyl (C=O) groups is 1. The van der Waals surface area contributed by atoms with Crippen molar-refractivity contribution in [3.8, 4) is 0 Å². The monoisotopic (exact) mass is 312 g/mol. The minimum Gasteiger partial charge on any atom is -0.346 e. The molecule has 1 aliphatic heterocycles. The van der Waals surface area contributed by atoms with Crippen LogP contribution in [0.1, 0.15) is 0 Å². The van der Waals surface area contributed by atoms with Gasteiger partial charge in [0.25, 0.3) is 0 Å². The van der Waals surface area contributed by atoms with E-state index in [9.17, 15) is 4.79 Å². The highest BCUT2D eigenvalue weighted by atomic mass is 79.9. The highest BCUT2D eigenvalue weighted by Gasteiger charge is 3.10. The summed E-state index contributed by atoms with van der Waals surface area (Å²) in [7, 11) is 0. The van der Waals surface area contributed by atoms with Crippen LogP contribution in [0.3, 0.4) is 0 Å². The molecule has 0 aromatic rings. The second kappa shape index (κ2) is 2.20. The van der Waals surface area contributed by atoms with Crippen LogP contribution in [0.4, 0.5) is 0 Å². The van der Waals surface area contributed by atoms with Crippen molar-refractivity contribution in [2.24, 2.45) is 46.8 Å². The fourth-order valence-corrected chi connectivity index (χ4v) is 8.83. The van der Waals surface area contributed by atoms with Gasteiger partial charge in [-0.05, 0) is 29.6 Å².